The summed E-state index contributed by atoms with van der Waals surface area (Å²) in [6.45, 7) is 17.3. The van der Waals surface area contributed by atoms with Gasteiger partial charge in [-0.1, -0.05) is 80.6 Å². The molecule has 5 unspecified atom stereocenters. The maximum atomic E-state index is 2.56. The molecule has 0 aromatic carbocycles. The van der Waals surface area contributed by atoms with Crippen LogP contribution in [0.25, 0.3) is 0 Å². The van der Waals surface area contributed by atoms with Crippen molar-refractivity contribution in [1.29, 1.82) is 0 Å². The first-order valence-electron chi connectivity index (χ1n) is 8.91. The van der Waals surface area contributed by atoms with Crippen LogP contribution in [0.15, 0.2) is 0 Å². The Morgan fingerprint density at radius 3 is 2.11 bits per heavy atom. The Balaban J connectivity index is 2.86. The van der Waals surface area contributed by atoms with Gasteiger partial charge in [0.15, 0.2) is 0 Å². The summed E-state index contributed by atoms with van der Waals surface area (Å²) < 4.78 is 0. The van der Waals surface area contributed by atoms with Gasteiger partial charge in [-0.25, -0.2) is 0 Å². The number of unbranched alkanes of at least 4 members (excludes halogenated alkanes) is 2. The Morgan fingerprint density at radius 2 is 1.68 bits per heavy atom. The summed E-state index contributed by atoms with van der Waals surface area (Å²) >= 11 is 0. The van der Waals surface area contributed by atoms with Crippen molar-refractivity contribution in [2.24, 2.45) is 35.0 Å². The van der Waals surface area contributed by atoms with Gasteiger partial charge in [-0.3, -0.25) is 0 Å². The van der Waals surface area contributed by atoms with E-state index in [1.54, 1.807) is 0 Å². The fourth-order valence-corrected chi connectivity index (χ4v) is 5.49. The van der Waals surface area contributed by atoms with E-state index in [-0.39, 0.29) is 0 Å². The zero-order valence-corrected chi connectivity index (χ0v) is 14.6. The third-order valence-corrected chi connectivity index (χ3v) is 6.60. The van der Waals surface area contributed by atoms with Crippen LogP contribution < -0.4 is 0 Å². The van der Waals surface area contributed by atoms with E-state index >= 15 is 0 Å². The molecule has 19 heavy (non-hydrogen) atoms. The smallest absolute Gasteiger partial charge is 0.0218 e. The molecule has 0 aromatic rings. The standard InChI is InChI=1S/C19H38/c1-8-10-11-12-16(6)19(14(3)4)13-15(5)18(9-2)17(19)7/h14-18H,8-13H2,1-7H3. The van der Waals surface area contributed by atoms with Gasteiger partial charge in [-0.15, -0.1) is 0 Å². The van der Waals surface area contributed by atoms with Gasteiger partial charge in [0.05, 0.1) is 0 Å². The van der Waals surface area contributed by atoms with E-state index in [9.17, 15) is 0 Å². The Bertz CT molecular complexity index is 255. The molecule has 1 fully saturated rings. The van der Waals surface area contributed by atoms with E-state index in [2.05, 4.69) is 48.5 Å². The molecule has 1 saturated carbocycles. The molecule has 0 N–H and O–H groups in total. The van der Waals surface area contributed by atoms with Crippen LogP contribution in [0, 0.1) is 35.0 Å². The molecule has 0 radical (unpaired) electrons. The largest absolute Gasteiger partial charge is 0.0654 e. The van der Waals surface area contributed by atoms with E-state index in [0.717, 1.165) is 29.6 Å². The minimum absolute atomic E-state index is 0.605. The molecule has 1 aliphatic rings. The van der Waals surface area contributed by atoms with E-state index in [1.165, 1.54) is 38.5 Å². The van der Waals surface area contributed by atoms with Crippen LogP contribution in [0.5, 0.6) is 0 Å². The minimum atomic E-state index is 0.605. The Kier molecular flexibility index (Phi) is 6.40. The monoisotopic (exact) mass is 266 g/mol. The molecule has 0 bridgehead atoms. The molecule has 1 rings (SSSR count). The molecule has 0 amide bonds. The highest BCUT2D eigenvalue weighted by molar-refractivity contribution is 5.01. The second-order valence-electron chi connectivity index (χ2n) is 7.71. The van der Waals surface area contributed by atoms with Crippen LogP contribution in [0.1, 0.15) is 87.0 Å². The van der Waals surface area contributed by atoms with E-state index in [0.29, 0.717) is 5.41 Å². The second kappa shape index (κ2) is 7.14. The first-order valence-corrected chi connectivity index (χ1v) is 8.91. The number of hydrogen-bond acceptors (Lipinski definition) is 0. The van der Waals surface area contributed by atoms with Crippen LogP contribution in [0.2, 0.25) is 0 Å². The molecule has 0 heterocycles. The predicted molar refractivity (Wildman–Crippen MR) is 87.3 cm³/mol. The lowest BCUT2D eigenvalue weighted by Gasteiger charge is -2.45. The van der Waals surface area contributed by atoms with Crippen LogP contribution in [0.4, 0.5) is 0 Å². The van der Waals surface area contributed by atoms with Gasteiger partial charge in [-0.2, -0.15) is 0 Å². The van der Waals surface area contributed by atoms with Crippen molar-refractivity contribution >= 4 is 0 Å². The van der Waals surface area contributed by atoms with Crippen LogP contribution in [0.3, 0.4) is 0 Å². The van der Waals surface area contributed by atoms with Crippen molar-refractivity contribution in [3.05, 3.63) is 0 Å². The third-order valence-electron chi connectivity index (χ3n) is 6.60. The van der Waals surface area contributed by atoms with Gasteiger partial charge in [0.1, 0.15) is 0 Å². The zero-order chi connectivity index (χ0) is 14.6. The van der Waals surface area contributed by atoms with Crippen molar-refractivity contribution in [3.8, 4) is 0 Å². The summed E-state index contributed by atoms with van der Waals surface area (Å²) in [6, 6.07) is 0. The zero-order valence-electron chi connectivity index (χ0n) is 14.6. The number of rotatable bonds is 7. The van der Waals surface area contributed by atoms with Gasteiger partial charge in [0.25, 0.3) is 0 Å². The Labute approximate surface area is 122 Å². The molecular weight excluding hydrogens is 228 g/mol. The van der Waals surface area contributed by atoms with E-state index in [4.69, 9.17) is 0 Å². The lowest BCUT2D eigenvalue weighted by atomic mass is 9.60. The highest BCUT2D eigenvalue weighted by Gasteiger charge is 2.52. The summed E-state index contributed by atoms with van der Waals surface area (Å²) in [4.78, 5) is 0. The Morgan fingerprint density at radius 1 is 1.05 bits per heavy atom. The Hall–Kier alpha value is 0. The SMILES string of the molecule is CCCCCC(C)C1(C(C)C)CC(C)C(CC)C1C. The average molecular weight is 267 g/mol. The predicted octanol–water partition coefficient (Wildman–Crippen LogP) is 6.55. The van der Waals surface area contributed by atoms with Gasteiger partial charge < -0.3 is 0 Å². The molecule has 0 saturated heterocycles. The summed E-state index contributed by atoms with van der Waals surface area (Å²) in [5.41, 5.74) is 0.605. The van der Waals surface area contributed by atoms with Crippen molar-refractivity contribution in [3.63, 3.8) is 0 Å². The summed E-state index contributed by atoms with van der Waals surface area (Å²) in [5.74, 6) is 4.52. The summed E-state index contributed by atoms with van der Waals surface area (Å²) in [5, 5.41) is 0. The maximum Gasteiger partial charge on any atom is -0.0218 e. The lowest BCUT2D eigenvalue weighted by Crippen LogP contribution is -2.38. The molecule has 0 nitrogen and oxygen atoms in total. The summed E-state index contributed by atoms with van der Waals surface area (Å²) in [7, 11) is 0. The van der Waals surface area contributed by atoms with Gasteiger partial charge >= 0.3 is 0 Å². The summed E-state index contributed by atoms with van der Waals surface area (Å²) in [6.07, 6.45) is 8.49. The normalized spacial score (nSPS) is 36.9. The molecule has 5 atom stereocenters. The van der Waals surface area contributed by atoms with Crippen molar-refractivity contribution in [2.75, 3.05) is 0 Å². The fourth-order valence-electron chi connectivity index (χ4n) is 5.49. The molecule has 1 aliphatic carbocycles. The highest BCUT2D eigenvalue weighted by atomic mass is 14.6. The van der Waals surface area contributed by atoms with Crippen LogP contribution in [-0.2, 0) is 0 Å². The van der Waals surface area contributed by atoms with Gasteiger partial charge in [0.2, 0.25) is 0 Å². The molecule has 0 aliphatic heterocycles. The van der Waals surface area contributed by atoms with Crippen molar-refractivity contribution in [2.45, 2.75) is 87.0 Å². The molecular formula is C19H38. The molecule has 0 aromatic heterocycles. The number of hydrogen-bond donors (Lipinski definition) is 0. The molecule has 0 heteroatoms. The highest BCUT2D eigenvalue weighted by Crippen LogP contribution is 2.59. The second-order valence-corrected chi connectivity index (χ2v) is 7.71. The van der Waals surface area contributed by atoms with Crippen LogP contribution >= 0.6 is 0 Å². The van der Waals surface area contributed by atoms with Crippen LogP contribution in [-0.4, -0.2) is 0 Å². The molecule has 114 valence electrons. The van der Waals surface area contributed by atoms with Gasteiger partial charge in [-0.05, 0) is 41.4 Å². The first kappa shape index (κ1) is 17.1. The fraction of sp³-hybridized carbons (Fsp3) is 1.00. The quantitative estimate of drug-likeness (QED) is 0.458. The topological polar surface area (TPSA) is 0 Å². The third kappa shape index (κ3) is 3.19. The average Bonchev–Trinajstić information content (AvgIpc) is 2.61. The lowest BCUT2D eigenvalue weighted by molar-refractivity contribution is 0.0382. The maximum absolute atomic E-state index is 2.56. The van der Waals surface area contributed by atoms with E-state index < -0.39 is 0 Å². The van der Waals surface area contributed by atoms with E-state index in [1.807, 2.05) is 0 Å². The molecule has 0 spiro atoms. The van der Waals surface area contributed by atoms with Crippen molar-refractivity contribution in [1.82, 2.24) is 0 Å². The van der Waals surface area contributed by atoms with Gasteiger partial charge in [0, 0.05) is 0 Å². The first-order chi connectivity index (χ1) is 8.91. The van der Waals surface area contributed by atoms with Crippen molar-refractivity contribution < 1.29 is 0 Å². The minimum Gasteiger partial charge on any atom is -0.0654 e.